The topological polar surface area (TPSA) is 84.7 Å². The highest BCUT2D eigenvalue weighted by Crippen LogP contribution is 2.25. The number of benzene rings is 2. The van der Waals surface area contributed by atoms with Gasteiger partial charge in [0.15, 0.2) is 0 Å². The molecule has 2 fully saturated rings. The maximum absolute atomic E-state index is 13.0. The molecule has 156 valence electrons. The molecule has 2 saturated heterocycles. The molecule has 0 unspecified atom stereocenters. The Balaban J connectivity index is 1.42. The molecule has 1 amide bonds. The van der Waals surface area contributed by atoms with Gasteiger partial charge in [-0.1, -0.05) is 0 Å². The number of anilines is 2. The summed E-state index contributed by atoms with van der Waals surface area (Å²) in [6.07, 6.45) is 1.49. The first-order valence-electron chi connectivity index (χ1n) is 10.1. The Morgan fingerprint density at radius 3 is 2.17 bits per heavy atom. The standard InChI is InChI=1S/C22H24N4O3S/c23-17-18-3-7-20(8-4-18)24-11-1-12-25(15-14-24)22(27)19-5-9-21(10-6-19)26-13-2-16-30(26,28)29/h3-10H,1-2,11-16H2. The monoisotopic (exact) mass is 424 g/mol. The maximum Gasteiger partial charge on any atom is 0.253 e. The van der Waals surface area contributed by atoms with E-state index in [1.807, 2.05) is 29.2 Å². The lowest BCUT2D eigenvalue weighted by molar-refractivity contribution is 0.0767. The van der Waals surface area contributed by atoms with E-state index in [4.69, 9.17) is 5.26 Å². The third-order valence-electron chi connectivity index (χ3n) is 5.65. The van der Waals surface area contributed by atoms with Crippen LogP contribution in [0.15, 0.2) is 48.5 Å². The number of amides is 1. The van der Waals surface area contributed by atoms with Gasteiger partial charge in [0.05, 0.1) is 23.1 Å². The van der Waals surface area contributed by atoms with Crippen LogP contribution in [-0.4, -0.2) is 57.7 Å². The quantitative estimate of drug-likeness (QED) is 0.756. The molecule has 0 aliphatic carbocycles. The SMILES string of the molecule is N#Cc1ccc(N2CCCN(C(=O)c3ccc(N4CCCS4(=O)=O)cc3)CC2)cc1. The van der Waals surface area contributed by atoms with E-state index < -0.39 is 10.0 Å². The first-order chi connectivity index (χ1) is 14.5. The zero-order chi connectivity index (χ0) is 21.1. The number of nitriles is 1. The van der Waals surface area contributed by atoms with E-state index in [-0.39, 0.29) is 11.7 Å². The van der Waals surface area contributed by atoms with Gasteiger partial charge in [-0.2, -0.15) is 5.26 Å². The molecule has 30 heavy (non-hydrogen) atoms. The summed E-state index contributed by atoms with van der Waals surface area (Å²) in [6.45, 7) is 3.35. The fourth-order valence-corrected chi connectivity index (χ4v) is 5.57. The minimum atomic E-state index is -3.22. The van der Waals surface area contributed by atoms with Gasteiger partial charge in [-0.15, -0.1) is 0 Å². The van der Waals surface area contributed by atoms with Crippen LogP contribution in [0, 0.1) is 11.3 Å². The molecular weight excluding hydrogens is 400 g/mol. The minimum Gasteiger partial charge on any atom is -0.370 e. The van der Waals surface area contributed by atoms with Crippen molar-refractivity contribution in [1.29, 1.82) is 5.26 Å². The highest BCUT2D eigenvalue weighted by molar-refractivity contribution is 7.93. The number of hydrogen-bond donors (Lipinski definition) is 0. The zero-order valence-electron chi connectivity index (χ0n) is 16.7. The third-order valence-corrected chi connectivity index (χ3v) is 7.52. The van der Waals surface area contributed by atoms with Crippen molar-refractivity contribution in [2.45, 2.75) is 12.8 Å². The molecule has 0 N–H and O–H groups in total. The number of sulfonamides is 1. The lowest BCUT2D eigenvalue weighted by atomic mass is 10.1. The van der Waals surface area contributed by atoms with Gasteiger partial charge in [-0.05, 0) is 61.4 Å². The van der Waals surface area contributed by atoms with E-state index in [1.54, 1.807) is 24.3 Å². The number of nitrogens with zero attached hydrogens (tertiary/aromatic N) is 4. The first-order valence-corrected chi connectivity index (χ1v) is 11.7. The Hall–Kier alpha value is -3.05. The average molecular weight is 425 g/mol. The van der Waals surface area contributed by atoms with Crippen molar-refractivity contribution in [3.63, 3.8) is 0 Å². The van der Waals surface area contributed by atoms with Crippen LogP contribution < -0.4 is 9.21 Å². The molecule has 8 heteroatoms. The van der Waals surface area contributed by atoms with E-state index in [0.29, 0.717) is 42.9 Å². The van der Waals surface area contributed by atoms with Crippen molar-refractivity contribution in [3.8, 4) is 6.07 Å². The first kappa shape index (κ1) is 20.2. The average Bonchev–Trinajstić information content (AvgIpc) is 2.97. The van der Waals surface area contributed by atoms with E-state index in [2.05, 4.69) is 11.0 Å². The number of hydrogen-bond acceptors (Lipinski definition) is 5. The smallest absolute Gasteiger partial charge is 0.253 e. The lowest BCUT2D eigenvalue weighted by Crippen LogP contribution is -2.35. The van der Waals surface area contributed by atoms with Crippen LogP contribution in [0.25, 0.3) is 0 Å². The van der Waals surface area contributed by atoms with Gasteiger partial charge in [-0.3, -0.25) is 9.10 Å². The predicted molar refractivity (Wildman–Crippen MR) is 116 cm³/mol. The predicted octanol–water partition coefficient (Wildman–Crippen LogP) is 2.45. The summed E-state index contributed by atoms with van der Waals surface area (Å²) in [5.41, 5.74) is 2.88. The van der Waals surface area contributed by atoms with Gasteiger partial charge in [-0.25, -0.2) is 8.42 Å². The normalized spacial score (nSPS) is 18.7. The highest BCUT2D eigenvalue weighted by atomic mass is 32.2. The number of rotatable bonds is 3. The summed E-state index contributed by atoms with van der Waals surface area (Å²) in [7, 11) is -3.22. The summed E-state index contributed by atoms with van der Waals surface area (Å²) in [4.78, 5) is 17.1. The Bertz CT molecular complexity index is 1060. The van der Waals surface area contributed by atoms with Crippen molar-refractivity contribution in [1.82, 2.24) is 4.90 Å². The summed E-state index contributed by atoms with van der Waals surface area (Å²) in [6, 6.07) is 16.5. The van der Waals surface area contributed by atoms with Crippen molar-refractivity contribution in [2.24, 2.45) is 0 Å². The molecule has 0 bridgehead atoms. The van der Waals surface area contributed by atoms with Crippen LogP contribution in [0.2, 0.25) is 0 Å². The lowest BCUT2D eigenvalue weighted by Gasteiger charge is -2.24. The molecule has 0 radical (unpaired) electrons. The molecule has 2 aliphatic heterocycles. The van der Waals surface area contributed by atoms with Crippen LogP contribution in [0.3, 0.4) is 0 Å². The van der Waals surface area contributed by atoms with E-state index in [0.717, 1.165) is 25.2 Å². The third kappa shape index (κ3) is 4.12. The summed E-state index contributed by atoms with van der Waals surface area (Å²) in [5.74, 6) is 0.143. The molecule has 4 rings (SSSR count). The van der Waals surface area contributed by atoms with Gasteiger partial charge in [0.25, 0.3) is 5.91 Å². The van der Waals surface area contributed by atoms with Gasteiger partial charge >= 0.3 is 0 Å². The van der Waals surface area contributed by atoms with Crippen molar-refractivity contribution >= 4 is 27.3 Å². The van der Waals surface area contributed by atoms with E-state index in [1.165, 1.54) is 4.31 Å². The highest BCUT2D eigenvalue weighted by Gasteiger charge is 2.28. The minimum absolute atomic E-state index is 0.0347. The summed E-state index contributed by atoms with van der Waals surface area (Å²) < 4.78 is 25.6. The largest absolute Gasteiger partial charge is 0.370 e. The molecule has 2 aromatic rings. The molecule has 2 aromatic carbocycles. The maximum atomic E-state index is 13.0. The number of carbonyl (C=O) groups excluding carboxylic acids is 1. The molecule has 0 spiro atoms. The van der Waals surface area contributed by atoms with Gasteiger partial charge in [0.2, 0.25) is 10.0 Å². The summed E-state index contributed by atoms with van der Waals surface area (Å²) in [5, 5.41) is 8.95. The van der Waals surface area contributed by atoms with Crippen LogP contribution >= 0.6 is 0 Å². The molecule has 2 heterocycles. The van der Waals surface area contributed by atoms with E-state index in [9.17, 15) is 13.2 Å². The van der Waals surface area contributed by atoms with Gasteiger partial charge in [0, 0.05) is 44.0 Å². The van der Waals surface area contributed by atoms with Crippen molar-refractivity contribution in [2.75, 3.05) is 47.7 Å². The molecule has 7 nitrogen and oxygen atoms in total. The van der Waals surface area contributed by atoms with Gasteiger partial charge in [0.1, 0.15) is 0 Å². The molecule has 0 aromatic heterocycles. The Kier molecular flexibility index (Phi) is 5.64. The Labute approximate surface area is 177 Å². The van der Waals surface area contributed by atoms with Gasteiger partial charge < -0.3 is 9.80 Å². The molecular formula is C22H24N4O3S. The van der Waals surface area contributed by atoms with E-state index >= 15 is 0 Å². The van der Waals surface area contributed by atoms with Crippen LogP contribution in [-0.2, 0) is 10.0 Å². The fourth-order valence-electron chi connectivity index (χ4n) is 4.01. The van der Waals surface area contributed by atoms with Crippen molar-refractivity contribution < 1.29 is 13.2 Å². The second-order valence-corrected chi connectivity index (χ2v) is 9.59. The zero-order valence-corrected chi connectivity index (χ0v) is 17.5. The molecule has 2 aliphatic rings. The number of carbonyl (C=O) groups is 1. The Morgan fingerprint density at radius 2 is 1.53 bits per heavy atom. The van der Waals surface area contributed by atoms with Crippen LogP contribution in [0.4, 0.5) is 11.4 Å². The Morgan fingerprint density at radius 1 is 0.833 bits per heavy atom. The van der Waals surface area contributed by atoms with Crippen LogP contribution in [0.5, 0.6) is 0 Å². The fraction of sp³-hybridized carbons (Fsp3) is 0.364. The second kappa shape index (κ2) is 8.36. The summed E-state index contributed by atoms with van der Waals surface area (Å²) >= 11 is 0. The van der Waals surface area contributed by atoms with Crippen molar-refractivity contribution in [3.05, 3.63) is 59.7 Å². The molecule has 0 saturated carbocycles. The van der Waals surface area contributed by atoms with Crippen LogP contribution in [0.1, 0.15) is 28.8 Å². The molecule has 0 atom stereocenters. The second-order valence-electron chi connectivity index (χ2n) is 7.58.